The minimum Gasteiger partial charge on any atom is -0.369 e. The second-order valence-electron chi connectivity index (χ2n) is 6.10. The summed E-state index contributed by atoms with van der Waals surface area (Å²) in [5.41, 5.74) is 6.45. The van der Waals surface area contributed by atoms with E-state index in [1.54, 1.807) is 22.2 Å². The lowest BCUT2D eigenvalue weighted by Gasteiger charge is -2.31. The van der Waals surface area contributed by atoms with Gasteiger partial charge < -0.3 is 5.73 Å². The van der Waals surface area contributed by atoms with Crippen molar-refractivity contribution in [3.8, 4) is 0 Å². The van der Waals surface area contributed by atoms with Crippen LogP contribution >= 0.6 is 11.3 Å². The quantitative estimate of drug-likeness (QED) is 0.917. The number of nitrogens with two attached hydrogens (primary N) is 1. The van der Waals surface area contributed by atoms with Gasteiger partial charge in [-0.1, -0.05) is 6.92 Å². The fraction of sp³-hybridized carbons (Fsp3) is 0.562. The summed E-state index contributed by atoms with van der Waals surface area (Å²) in [7, 11) is 0. The number of carbonyl (C=O) groups is 1. The molecule has 1 saturated heterocycles. The van der Waals surface area contributed by atoms with Gasteiger partial charge in [-0.15, -0.1) is 11.3 Å². The molecule has 0 aromatic carbocycles. The SMILES string of the molecule is CCc1c(C)sc2ncn(C3CCN(CC(N)=O)CC3)c(=O)c12. The van der Waals surface area contributed by atoms with E-state index < -0.39 is 0 Å². The third-order valence-corrected chi connectivity index (χ3v) is 5.68. The number of fused-ring (bicyclic) bond motifs is 1. The van der Waals surface area contributed by atoms with Crippen LogP contribution < -0.4 is 11.3 Å². The number of hydrogen-bond donors (Lipinski definition) is 1. The molecule has 1 fully saturated rings. The lowest BCUT2D eigenvalue weighted by Crippen LogP contribution is -2.41. The first-order chi connectivity index (χ1) is 11.0. The zero-order valence-corrected chi connectivity index (χ0v) is 14.4. The van der Waals surface area contributed by atoms with Crippen molar-refractivity contribution in [1.29, 1.82) is 0 Å². The van der Waals surface area contributed by atoms with Crippen molar-refractivity contribution in [2.24, 2.45) is 5.73 Å². The molecule has 2 N–H and O–H groups in total. The van der Waals surface area contributed by atoms with E-state index in [0.29, 0.717) is 6.54 Å². The maximum atomic E-state index is 12.9. The highest BCUT2D eigenvalue weighted by Gasteiger charge is 2.24. The number of carbonyl (C=O) groups excluding carboxylic acids is 1. The number of likely N-dealkylation sites (tertiary alicyclic amines) is 1. The molecule has 6 nitrogen and oxygen atoms in total. The predicted molar refractivity (Wildman–Crippen MR) is 91.9 cm³/mol. The molecule has 0 aliphatic carbocycles. The summed E-state index contributed by atoms with van der Waals surface area (Å²) in [6.45, 7) is 5.98. The zero-order chi connectivity index (χ0) is 16.6. The molecule has 0 saturated carbocycles. The van der Waals surface area contributed by atoms with Crippen molar-refractivity contribution in [3.05, 3.63) is 27.1 Å². The number of aryl methyl sites for hydroxylation is 2. The maximum Gasteiger partial charge on any atom is 0.262 e. The van der Waals surface area contributed by atoms with Gasteiger partial charge >= 0.3 is 0 Å². The summed E-state index contributed by atoms with van der Waals surface area (Å²) in [6, 6.07) is 0.147. The summed E-state index contributed by atoms with van der Waals surface area (Å²) in [5, 5.41) is 0.789. The summed E-state index contributed by atoms with van der Waals surface area (Å²) < 4.78 is 1.79. The zero-order valence-electron chi connectivity index (χ0n) is 13.5. The highest BCUT2D eigenvalue weighted by atomic mass is 32.1. The Morgan fingerprint density at radius 1 is 1.43 bits per heavy atom. The Balaban J connectivity index is 1.88. The van der Waals surface area contributed by atoms with Crippen LogP contribution in [0.1, 0.15) is 36.2 Å². The number of rotatable bonds is 4. The largest absolute Gasteiger partial charge is 0.369 e. The molecular formula is C16H22N4O2S. The molecule has 7 heteroatoms. The van der Waals surface area contributed by atoms with Crippen molar-refractivity contribution in [2.75, 3.05) is 19.6 Å². The number of thiophene rings is 1. The minimum atomic E-state index is -0.301. The summed E-state index contributed by atoms with van der Waals surface area (Å²) in [5.74, 6) is -0.301. The van der Waals surface area contributed by atoms with Gasteiger partial charge in [0.2, 0.25) is 5.91 Å². The molecule has 2 aromatic heterocycles. The molecule has 1 amide bonds. The van der Waals surface area contributed by atoms with Crippen LogP contribution in [0.15, 0.2) is 11.1 Å². The highest BCUT2D eigenvalue weighted by Crippen LogP contribution is 2.28. The summed E-state index contributed by atoms with van der Waals surface area (Å²) >= 11 is 1.60. The van der Waals surface area contributed by atoms with Gasteiger partial charge in [-0.25, -0.2) is 4.98 Å². The van der Waals surface area contributed by atoms with E-state index in [-0.39, 0.29) is 17.5 Å². The van der Waals surface area contributed by atoms with Gasteiger partial charge in [-0.05, 0) is 31.7 Å². The summed E-state index contributed by atoms with van der Waals surface area (Å²) in [4.78, 5) is 32.5. The van der Waals surface area contributed by atoms with Gasteiger partial charge in [0.05, 0.1) is 18.3 Å². The molecule has 3 rings (SSSR count). The van der Waals surface area contributed by atoms with Crippen LogP contribution in [0.3, 0.4) is 0 Å². The number of amides is 1. The van der Waals surface area contributed by atoms with Gasteiger partial charge in [-0.3, -0.25) is 19.1 Å². The van der Waals surface area contributed by atoms with Crippen molar-refractivity contribution < 1.29 is 4.79 Å². The Kier molecular flexibility index (Phi) is 4.50. The van der Waals surface area contributed by atoms with E-state index >= 15 is 0 Å². The number of aromatic nitrogens is 2. The first kappa shape index (κ1) is 16.1. The maximum absolute atomic E-state index is 12.9. The van der Waals surface area contributed by atoms with Crippen LogP contribution in [0.2, 0.25) is 0 Å². The Bertz CT molecular complexity index is 787. The second kappa shape index (κ2) is 6.41. The molecule has 2 aromatic rings. The highest BCUT2D eigenvalue weighted by molar-refractivity contribution is 7.18. The average molecular weight is 334 g/mol. The third kappa shape index (κ3) is 3.03. The number of nitrogens with zero attached hydrogens (tertiary/aromatic N) is 3. The van der Waals surface area contributed by atoms with E-state index in [0.717, 1.165) is 48.1 Å². The van der Waals surface area contributed by atoms with Crippen LogP contribution in [0.5, 0.6) is 0 Å². The number of primary amides is 1. The van der Waals surface area contributed by atoms with Gasteiger partial charge in [0.25, 0.3) is 5.56 Å². The number of piperidine rings is 1. The van der Waals surface area contributed by atoms with Crippen molar-refractivity contribution in [2.45, 2.75) is 39.2 Å². The predicted octanol–water partition coefficient (Wildman–Crippen LogP) is 1.45. The molecule has 0 radical (unpaired) electrons. The van der Waals surface area contributed by atoms with E-state index in [2.05, 4.69) is 18.8 Å². The standard InChI is InChI=1S/C16H22N4O2S/c1-3-12-10(2)23-15-14(12)16(22)20(9-18-15)11-4-6-19(7-5-11)8-13(17)21/h9,11H,3-8H2,1-2H3,(H2,17,21). The smallest absolute Gasteiger partial charge is 0.262 e. The first-order valence-electron chi connectivity index (χ1n) is 8.01. The first-order valence-corrected chi connectivity index (χ1v) is 8.82. The topological polar surface area (TPSA) is 81.2 Å². The van der Waals surface area contributed by atoms with Gasteiger partial charge in [-0.2, -0.15) is 0 Å². The lowest BCUT2D eigenvalue weighted by atomic mass is 10.0. The Labute approximate surface area is 138 Å². The fourth-order valence-electron chi connectivity index (χ4n) is 3.43. The lowest BCUT2D eigenvalue weighted by molar-refractivity contribution is -0.119. The molecule has 0 unspecified atom stereocenters. The summed E-state index contributed by atoms with van der Waals surface area (Å²) in [6.07, 6.45) is 4.22. The molecule has 1 aliphatic rings. The van der Waals surface area contributed by atoms with Gasteiger partial charge in [0, 0.05) is 24.0 Å². The molecule has 23 heavy (non-hydrogen) atoms. The van der Waals surface area contributed by atoms with E-state index in [4.69, 9.17) is 5.73 Å². The van der Waals surface area contributed by atoms with Gasteiger partial charge in [0.15, 0.2) is 0 Å². The molecule has 124 valence electrons. The van der Waals surface area contributed by atoms with Crippen LogP contribution in [0, 0.1) is 6.92 Å². The van der Waals surface area contributed by atoms with E-state index in [1.165, 1.54) is 4.88 Å². The Morgan fingerprint density at radius 2 is 2.13 bits per heavy atom. The fourth-order valence-corrected chi connectivity index (χ4v) is 4.50. The van der Waals surface area contributed by atoms with E-state index in [9.17, 15) is 9.59 Å². The molecule has 0 spiro atoms. The van der Waals surface area contributed by atoms with E-state index in [1.807, 2.05) is 4.90 Å². The molecular weight excluding hydrogens is 312 g/mol. The van der Waals surface area contributed by atoms with Gasteiger partial charge in [0.1, 0.15) is 4.83 Å². The van der Waals surface area contributed by atoms with Crippen LogP contribution in [-0.4, -0.2) is 40.0 Å². The van der Waals surface area contributed by atoms with Crippen LogP contribution in [-0.2, 0) is 11.2 Å². The second-order valence-corrected chi connectivity index (χ2v) is 7.30. The van der Waals surface area contributed by atoms with Crippen LogP contribution in [0.4, 0.5) is 0 Å². The van der Waals surface area contributed by atoms with Crippen molar-refractivity contribution >= 4 is 27.5 Å². The Hall–Kier alpha value is -1.73. The average Bonchev–Trinajstić information content (AvgIpc) is 2.84. The normalized spacial score (nSPS) is 17.0. The molecule has 3 heterocycles. The van der Waals surface area contributed by atoms with Crippen LogP contribution in [0.25, 0.3) is 10.2 Å². The molecule has 1 aliphatic heterocycles. The third-order valence-electron chi connectivity index (χ3n) is 4.62. The minimum absolute atomic E-state index is 0.0737. The van der Waals surface area contributed by atoms with Crippen molar-refractivity contribution in [1.82, 2.24) is 14.5 Å². The molecule has 0 bridgehead atoms. The number of hydrogen-bond acceptors (Lipinski definition) is 5. The van der Waals surface area contributed by atoms with Crippen molar-refractivity contribution in [3.63, 3.8) is 0 Å². The molecule has 0 atom stereocenters. The Morgan fingerprint density at radius 3 is 2.74 bits per heavy atom. The monoisotopic (exact) mass is 334 g/mol.